The summed E-state index contributed by atoms with van der Waals surface area (Å²) in [7, 11) is 0. The average molecular weight is 305 g/mol. The van der Waals surface area contributed by atoms with Crippen molar-refractivity contribution in [2.75, 3.05) is 5.32 Å². The molecule has 0 radical (unpaired) electrons. The van der Waals surface area contributed by atoms with Crippen molar-refractivity contribution in [1.82, 2.24) is 19.6 Å². The van der Waals surface area contributed by atoms with Crippen LogP contribution in [-0.4, -0.2) is 25.5 Å². The van der Waals surface area contributed by atoms with Gasteiger partial charge in [-0.3, -0.25) is 9.20 Å². The monoisotopic (exact) mass is 305 g/mol. The molecule has 1 aromatic carbocycles. The van der Waals surface area contributed by atoms with Gasteiger partial charge in [0.2, 0.25) is 0 Å². The Bertz CT molecular complexity index is 1040. The average Bonchev–Trinajstić information content (AvgIpc) is 3.09. The van der Waals surface area contributed by atoms with Crippen LogP contribution in [0.1, 0.15) is 21.9 Å². The van der Waals surface area contributed by atoms with Gasteiger partial charge in [-0.2, -0.15) is 0 Å². The van der Waals surface area contributed by atoms with Gasteiger partial charge in [-0.15, -0.1) is 10.2 Å². The molecule has 0 aliphatic rings. The van der Waals surface area contributed by atoms with E-state index < -0.39 is 0 Å². The van der Waals surface area contributed by atoms with Crippen molar-refractivity contribution in [3.8, 4) is 0 Å². The lowest BCUT2D eigenvalue weighted by Crippen LogP contribution is -2.12. The number of amides is 1. The number of aromatic amines is 1. The summed E-state index contributed by atoms with van der Waals surface area (Å²) in [5, 5.41) is 12.0. The van der Waals surface area contributed by atoms with E-state index in [2.05, 4.69) is 26.6 Å². The molecule has 0 unspecified atom stereocenters. The van der Waals surface area contributed by atoms with Gasteiger partial charge in [-0.25, -0.2) is 0 Å². The molecule has 3 aromatic heterocycles. The van der Waals surface area contributed by atoms with Crippen molar-refractivity contribution in [1.29, 1.82) is 0 Å². The predicted molar refractivity (Wildman–Crippen MR) is 88.7 cm³/mol. The largest absolute Gasteiger partial charge is 0.359 e. The summed E-state index contributed by atoms with van der Waals surface area (Å²) < 4.78 is 1.80. The molecule has 23 heavy (non-hydrogen) atoms. The molecule has 6 heteroatoms. The van der Waals surface area contributed by atoms with Gasteiger partial charge in [0, 0.05) is 28.5 Å². The highest BCUT2D eigenvalue weighted by Crippen LogP contribution is 2.20. The molecule has 4 aromatic rings. The molecule has 2 N–H and O–H groups in total. The van der Waals surface area contributed by atoms with Crippen LogP contribution in [-0.2, 0) is 0 Å². The predicted octanol–water partition coefficient (Wildman–Crippen LogP) is 3.08. The molecule has 0 aliphatic heterocycles. The number of hydrogen-bond acceptors (Lipinski definition) is 3. The zero-order valence-electron chi connectivity index (χ0n) is 12.8. The van der Waals surface area contributed by atoms with E-state index in [1.54, 1.807) is 22.7 Å². The van der Waals surface area contributed by atoms with E-state index in [0.717, 1.165) is 33.8 Å². The lowest BCUT2D eigenvalue weighted by atomic mass is 10.2. The van der Waals surface area contributed by atoms with Crippen molar-refractivity contribution in [2.24, 2.45) is 0 Å². The second kappa shape index (κ2) is 4.95. The molecule has 0 spiro atoms. The zero-order chi connectivity index (χ0) is 16.0. The summed E-state index contributed by atoms with van der Waals surface area (Å²) in [5.41, 5.74) is 4.20. The Morgan fingerprint density at radius 1 is 1.13 bits per heavy atom. The normalized spacial score (nSPS) is 11.2. The maximum absolute atomic E-state index is 12.5. The van der Waals surface area contributed by atoms with Crippen molar-refractivity contribution < 1.29 is 4.79 Å². The van der Waals surface area contributed by atoms with Crippen LogP contribution < -0.4 is 5.32 Å². The first-order chi connectivity index (χ1) is 11.1. The van der Waals surface area contributed by atoms with E-state index in [-0.39, 0.29) is 5.91 Å². The van der Waals surface area contributed by atoms with Crippen LogP contribution in [0.2, 0.25) is 0 Å². The summed E-state index contributed by atoms with van der Waals surface area (Å²) in [6.45, 7) is 3.86. The third-order valence-electron chi connectivity index (χ3n) is 3.85. The minimum Gasteiger partial charge on any atom is -0.359 e. The van der Waals surface area contributed by atoms with E-state index in [1.807, 2.05) is 32.0 Å². The molecule has 0 saturated heterocycles. The van der Waals surface area contributed by atoms with Crippen LogP contribution in [0.5, 0.6) is 0 Å². The van der Waals surface area contributed by atoms with E-state index >= 15 is 0 Å². The number of benzene rings is 1. The van der Waals surface area contributed by atoms with Crippen LogP contribution in [0.3, 0.4) is 0 Å². The highest BCUT2D eigenvalue weighted by atomic mass is 16.1. The van der Waals surface area contributed by atoms with Crippen LogP contribution in [0.4, 0.5) is 5.69 Å². The minimum atomic E-state index is -0.161. The first-order valence-electron chi connectivity index (χ1n) is 7.32. The topological polar surface area (TPSA) is 75.1 Å². The number of aromatic nitrogens is 4. The Morgan fingerprint density at radius 3 is 2.87 bits per heavy atom. The van der Waals surface area contributed by atoms with Crippen molar-refractivity contribution in [3.05, 3.63) is 59.7 Å². The second-order valence-electron chi connectivity index (χ2n) is 5.60. The van der Waals surface area contributed by atoms with Gasteiger partial charge in [0.25, 0.3) is 5.91 Å². The van der Waals surface area contributed by atoms with Crippen LogP contribution in [0, 0.1) is 13.8 Å². The van der Waals surface area contributed by atoms with E-state index in [1.165, 1.54) is 0 Å². The third-order valence-corrected chi connectivity index (χ3v) is 3.85. The number of hydrogen-bond donors (Lipinski definition) is 2. The standard InChI is InChI=1S/C17H15N5O/c1-10-7-13-8-14(4-5-15(13)18-10)19-17(23)12-3-6-16-21-20-11(2)22(16)9-12/h3-9,18H,1-2H3,(H,19,23). The fourth-order valence-electron chi connectivity index (χ4n) is 2.70. The van der Waals surface area contributed by atoms with E-state index in [9.17, 15) is 4.79 Å². The van der Waals surface area contributed by atoms with Gasteiger partial charge < -0.3 is 10.3 Å². The van der Waals surface area contributed by atoms with Crippen molar-refractivity contribution >= 4 is 28.1 Å². The Labute approximate surface area is 132 Å². The molecular weight excluding hydrogens is 290 g/mol. The maximum atomic E-state index is 12.5. The van der Waals surface area contributed by atoms with Gasteiger partial charge >= 0.3 is 0 Å². The summed E-state index contributed by atoms with van der Waals surface area (Å²) in [6.07, 6.45) is 1.75. The van der Waals surface area contributed by atoms with Gasteiger partial charge in [0.15, 0.2) is 5.65 Å². The number of carbonyl (C=O) groups excluding carboxylic acids is 1. The molecule has 4 rings (SSSR count). The number of pyridine rings is 1. The van der Waals surface area contributed by atoms with Crippen molar-refractivity contribution in [3.63, 3.8) is 0 Å². The number of H-pyrrole nitrogens is 1. The van der Waals surface area contributed by atoms with E-state index in [4.69, 9.17) is 0 Å². The molecule has 0 fully saturated rings. The molecule has 0 saturated carbocycles. The van der Waals surface area contributed by atoms with Gasteiger partial charge in [-0.05, 0) is 50.2 Å². The number of carbonyl (C=O) groups is 1. The first-order valence-corrected chi connectivity index (χ1v) is 7.32. The maximum Gasteiger partial charge on any atom is 0.257 e. The Morgan fingerprint density at radius 2 is 2.00 bits per heavy atom. The van der Waals surface area contributed by atoms with Gasteiger partial charge in [0.05, 0.1) is 5.56 Å². The number of nitrogens with zero attached hydrogens (tertiary/aromatic N) is 3. The molecule has 6 nitrogen and oxygen atoms in total. The summed E-state index contributed by atoms with van der Waals surface area (Å²) in [6, 6.07) is 11.4. The Hall–Kier alpha value is -3.15. The van der Waals surface area contributed by atoms with Crippen LogP contribution in [0.25, 0.3) is 16.6 Å². The fraction of sp³-hybridized carbons (Fsp3) is 0.118. The molecule has 114 valence electrons. The smallest absolute Gasteiger partial charge is 0.257 e. The summed E-state index contributed by atoms with van der Waals surface area (Å²) in [4.78, 5) is 15.7. The summed E-state index contributed by atoms with van der Waals surface area (Å²) >= 11 is 0. The van der Waals surface area contributed by atoms with E-state index in [0.29, 0.717) is 5.56 Å². The zero-order valence-corrected chi connectivity index (χ0v) is 12.8. The lowest BCUT2D eigenvalue weighted by Gasteiger charge is -2.06. The number of aryl methyl sites for hydroxylation is 2. The number of nitrogens with one attached hydrogen (secondary N) is 2. The molecule has 0 bridgehead atoms. The molecule has 1 amide bonds. The molecule has 3 heterocycles. The Kier molecular flexibility index (Phi) is 2.90. The van der Waals surface area contributed by atoms with Crippen LogP contribution >= 0.6 is 0 Å². The quantitative estimate of drug-likeness (QED) is 0.597. The fourth-order valence-corrected chi connectivity index (χ4v) is 2.70. The molecule has 0 aliphatic carbocycles. The van der Waals surface area contributed by atoms with Crippen LogP contribution in [0.15, 0.2) is 42.6 Å². The number of rotatable bonds is 2. The highest BCUT2D eigenvalue weighted by molar-refractivity contribution is 6.05. The Balaban J connectivity index is 1.65. The third kappa shape index (κ3) is 2.34. The van der Waals surface area contributed by atoms with Gasteiger partial charge in [-0.1, -0.05) is 0 Å². The lowest BCUT2D eigenvalue weighted by molar-refractivity contribution is 0.102. The SMILES string of the molecule is Cc1cc2cc(NC(=O)c3ccc4nnc(C)n4c3)ccc2[nH]1. The number of anilines is 1. The van der Waals surface area contributed by atoms with Crippen molar-refractivity contribution in [2.45, 2.75) is 13.8 Å². The molecular formula is C17H15N5O. The second-order valence-corrected chi connectivity index (χ2v) is 5.60. The first kappa shape index (κ1) is 13.5. The van der Waals surface area contributed by atoms with Gasteiger partial charge in [0.1, 0.15) is 5.82 Å². The summed E-state index contributed by atoms with van der Waals surface area (Å²) in [5.74, 6) is 0.588. The minimum absolute atomic E-state index is 0.161. The molecule has 0 atom stereocenters. The highest BCUT2D eigenvalue weighted by Gasteiger charge is 2.10. The number of fused-ring (bicyclic) bond motifs is 2.